The number of piperidine rings is 1. The fraction of sp³-hybridized carbons (Fsp3) is 0.917. The summed E-state index contributed by atoms with van der Waals surface area (Å²) in [6, 6.07) is 0.245. The SMILES string of the molecule is CCOCCOC(C)C(=O)NC1CCCNC1. The fourth-order valence-corrected chi connectivity index (χ4v) is 1.80. The third kappa shape index (κ3) is 6.00. The molecule has 100 valence electrons. The summed E-state index contributed by atoms with van der Waals surface area (Å²) in [6.07, 6.45) is 1.76. The molecule has 1 aliphatic rings. The van der Waals surface area contributed by atoms with Crippen LogP contribution in [-0.4, -0.2) is 51.0 Å². The van der Waals surface area contributed by atoms with Crippen LogP contribution in [0.5, 0.6) is 0 Å². The molecule has 0 aromatic carbocycles. The molecule has 1 fully saturated rings. The predicted molar refractivity (Wildman–Crippen MR) is 65.9 cm³/mol. The van der Waals surface area contributed by atoms with E-state index in [1.54, 1.807) is 6.92 Å². The first-order valence-electron chi connectivity index (χ1n) is 6.44. The molecule has 2 unspecified atom stereocenters. The van der Waals surface area contributed by atoms with Crippen LogP contribution in [0.1, 0.15) is 26.7 Å². The van der Waals surface area contributed by atoms with Crippen LogP contribution in [-0.2, 0) is 14.3 Å². The van der Waals surface area contributed by atoms with Crippen molar-refractivity contribution >= 4 is 5.91 Å². The number of carbonyl (C=O) groups is 1. The number of rotatable bonds is 7. The molecule has 0 radical (unpaired) electrons. The molecule has 2 atom stereocenters. The molecule has 1 rings (SSSR count). The predicted octanol–water partition coefficient (Wildman–Crippen LogP) is 0.296. The van der Waals surface area contributed by atoms with Gasteiger partial charge in [-0.25, -0.2) is 0 Å². The second-order valence-electron chi connectivity index (χ2n) is 4.26. The third-order valence-electron chi connectivity index (χ3n) is 2.81. The maximum absolute atomic E-state index is 11.8. The molecule has 0 aliphatic carbocycles. The minimum atomic E-state index is -0.405. The molecule has 0 saturated carbocycles. The molecule has 0 aromatic heterocycles. The Morgan fingerprint density at radius 1 is 1.53 bits per heavy atom. The Kier molecular flexibility index (Phi) is 7.16. The monoisotopic (exact) mass is 244 g/mol. The van der Waals surface area contributed by atoms with Crippen LogP contribution in [0.15, 0.2) is 0 Å². The van der Waals surface area contributed by atoms with Crippen molar-refractivity contribution < 1.29 is 14.3 Å². The Balaban J connectivity index is 2.12. The largest absolute Gasteiger partial charge is 0.379 e. The van der Waals surface area contributed by atoms with E-state index in [9.17, 15) is 4.79 Å². The molecule has 17 heavy (non-hydrogen) atoms. The first kappa shape index (κ1) is 14.4. The highest BCUT2D eigenvalue weighted by molar-refractivity contribution is 5.80. The molecule has 5 nitrogen and oxygen atoms in total. The number of hydrogen-bond donors (Lipinski definition) is 2. The number of carbonyl (C=O) groups excluding carboxylic acids is 1. The van der Waals surface area contributed by atoms with E-state index in [-0.39, 0.29) is 11.9 Å². The summed E-state index contributed by atoms with van der Waals surface area (Å²) in [4.78, 5) is 11.8. The first-order valence-corrected chi connectivity index (χ1v) is 6.44. The molecule has 0 spiro atoms. The molecule has 0 aromatic rings. The summed E-state index contributed by atoms with van der Waals surface area (Å²) in [6.45, 7) is 7.30. The van der Waals surface area contributed by atoms with Crippen LogP contribution in [0, 0.1) is 0 Å². The molecule has 0 bridgehead atoms. The average Bonchev–Trinajstić information content (AvgIpc) is 2.35. The van der Waals surface area contributed by atoms with Crippen molar-refractivity contribution in [1.82, 2.24) is 10.6 Å². The molecule has 1 amide bonds. The third-order valence-corrected chi connectivity index (χ3v) is 2.81. The second kappa shape index (κ2) is 8.44. The highest BCUT2D eigenvalue weighted by Crippen LogP contribution is 2.02. The van der Waals surface area contributed by atoms with Crippen molar-refractivity contribution in [2.45, 2.75) is 38.8 Å². The van der Waals surface area contributed by atoms with E-state index in [0.29, 0.717) is 19.8 Å². The van der Waals surface area contributed by atoms with E-state index >= 15 is 0 Å². The van der Waals surface area contributed by atoms with Crippen molar-refractivity contribution in [3.8, 4) is 0 Å². The van der Waals surface area contributed by atoms with Crippen LogP contribution >= 0.6 is 0 Å². The van der Waals surface area contributed by atoms with Crippen LogP contribution in [0.25, 0.3) is 0 Å². The lowest BCUT2D eigenvalue weighted by atomic mass is 10.1. The van der Waals surface area contributed by atoms with Gasteiger partial charge in [-0.2, -0.15) is 0 Å². The van der Waals surface area contributed by atoms with Crippen LogP contribution in [0.3, 0.4) is 0 Å². The Morgan fingerprint density at radius 2 is 2.35 bits per heavy atom. The summed E-state index contributed by atoms with van der Waals surface area (Å²) >= 11 is 0. The van der Waals surface area contributed by atoms with Gasteiger partial charge in [-0.05, 0) is 33.2 Å². The smallest absolute Gasteiger partial charge is 0.249 e. The quantitative estimate of drug-likeness (QED) is 0.632. The fourth-order valence-electron chi connectivity index (χ4n) is 1.80. The van der Waals surface area contributed by atoms with Crippen molar-refractivity contribution in [1.29, 1.82) is 0 Å². The van der Waals surface area contributed by atoms with Gasteiger partial charge in [0.15, 0.2) is 0 Å². The molecule has 1 saturated heterocycles. The minimum Gasteiger partial charge on any atom is -0.379 e. The number of hydrogen-bond acceptors (Lipinski definition) is 4. The Hall–Kier alpha value is -0.650. The van der Waals surface area contributed by atoms with E-state index in [1.807, 2.05) is 6.92 Å². The minimum absolute atomic E-state index is 0.0322. The maximum Gasteiger partial charge on any atom is 0.249 e. The van der Waals surface area contributed by atoms with Crippen LogP contribution < -0.4 is 10.6 Å². The van der Waals surface area contributed by atoms with E-state index < -0.39 is 6.10 Å². The van der Waals surface area contributed by atoms with Crippen molar-refractivity contribution in [2.75, 3.05) is 32.9 Å². The molecular weight excluding hydrogens is 220 g/mol. The summed E-state index contributed by atoms with van der Waals surface area (Å²) < 4.78 is 10.5. The van der Waals surface area contributed by atoms with Crippen molar-refractivity contribution in [3.05, 3.63) is 0 Å². The van der Waals surface area contributed by atoms with Gasteiger partial charge in [0.2, 0.25) is 5.91 Å². The molecule has 1 heterocycles. The van der Waals surface area contributed by atoms with E-state index in [0.717, 1.165) is 25.9 Å². The second-order valence-corrected chi connectivity index (χ2v) is 4.26. The number of amides is 1. The zero-order valence-electron chi connectivity index (χ0n) is 10.8. The lowest BCUT2D eigenvalue weighted by Crippen LogP contribution is -2.48. The van der Waals surface area contributed by atoms with Gasteiger partial charge in [0, 0.05) is 19.2 Å². The lowest BCUT2D eigenvalue weighted by Gasteiger charge is -2.25. The van der Waals surface area contributed by atoms with Crippen LogP contribution in [0.4, 0.5) is 0 Å². The summed E-state index contributed by atoms with van der Waals surface area (Å²) in [5.41, 5.74) is 0. The Bertz CT molecular complexity index is 218. The van der Waals surface area contributed by atoms with Gasteiger partial charge in [-0.1, -0.05) is 0 Å². The molecule has 1 aliphatic heterocycles. The van der Waals surface area contributed by atoms with Gasteiger partial charge in [0.25, 0.3) is 0 Å². The van der Waals surface area contributed by atoms with Crippen molar-refractivity contribution in [2.24, 2.45) is 0 Å². The number of ether oxygens (including phenoxy) is 2. The van der Waals surface area contributed by atoms with Gasteiger partial charge < -0.3 is 20.1 Å². The summed E-state index contributed by atoms with van der Waals surface area (Å²) in [7, 11) is 0. The zero-order valence-corrected chi connectivity index (χ0v) is 10.8. The average molecular weight is 244 g/mol. The van der Waals surface area contributed by atoms with Crippen LogP contribution in [0.2, 0.25) is 0 Å². The van der Waals surface area contributed by atoms with Gasteiger partial charge in [0.1, 0.15) is 6.10 Å². The molecule has 2 N–H and O–H groups in total. The summed E-state index contributed by atoms with van der Waals surface area (Å²) in [5, 5.41) is 6.26. The Labute approximate surface area is 103 Å². The maximum atomic E-state index is 11.8. The summed E-state index contributed by atoms with van der Waals surface area (Å²) in [5.74, 6) is -0.0322. The van der Waals surface area contributed by atoms with Gasteiger partial charge in [-0.15, -0.1) is 0 Å². The lowest BCUT2D eigenvalue weighted by molar-refractivity contribution is -0.133. The normalized spacial score (nSPS) is 22.1. The first-order chi connectivity index (χ1) is 8.24. The van der Waals surface area contributed by atoms with E-state index in [2.05, 4.69) is 10.6 Å². The molecular formula is C12H24N2O3. The molecule has 5 heteroatoms. The van der Waals surface area contributed by atoms with Gasteiger partial charge in [-0.3, -0.25) is 4.79 Å². The Morgan fingerprint density at radius 3 is 3.00 bits per heavy atom. The van der Waals surface area contributed by atoms with E-state index in [4.69, 9.17) is 9.47 Å². The van der Waals surface area contributed by atoms with Crippen molar-refractivity contribution in [3.63, 3.8) is 0 Å². The highest BCUT2D eigenvalue weighted by atomic mass is 16.5. The standard InChI is InChI=1S/C12H24N2O3/c1-3-16-7-8-17-10(2)12(15)14-11-5-4-6-13-9-11/h10-11,13H,3-9H2,1-2H3,(H,14,15). The van der Waals surface area contributed by atoms with E-state index in [1.165, 1.54) is 0 Å². The van der Waals surface area contributed by atoms with Gasteiger partial charge in [0.05, 0.1) is 13.2 Å². The zero-order chi connectivity index (χ0) is 12.5. The topological polar surface area (TPSA) is 59.6 Å². The highest BCUT2D eigenvalue weighted by Gasteiger charge is 2.19. The number of nitrogens with one attached hydrogen (secondary N) is 2. The van der Waals surface area contributed by atoms with Gasteiger partial charge >= 0.3 is 0 Å².